The summed E-state index contributed by atoms with van der Waals surface area (Å²) in [6.45, 7) is 11.5. The second-order valence-electron chi connectivity index (χ2n) is 6.83. The molecule has 2 saturated heterocycles. The van der Waals surface area contributed by atoms with Gasteiger partial charge in [-0.25, -0.2) is 0 Å². The second kappa shape index (κ2) is 7.26. The molecule has 0 aromatic rings. The van der Waals surface area contributed by atoms with Crippen LogP contribution in [-0.4, -0.2) is 47.4 Å². The maximum atomic E-state index is 12.4. The molecule has 0 N–H and O–H groups in total. The summed E-state index contributed by atoms with van der Waals surface area (Å²) in [5.41, 5.74) is 2.82. The Bertz CT molecular complexity index is 434. The molecule has 2 aliphatic heterocycles. The van der Waals surface area contributed by atoms with Crippen molar-refractivity contribution in [3.05, 3.63) is 23.3 Å². The molecular formula is C18H30N2O. The van der Waals surface area contributed by atoms with Gasteiger partial charge in [-0.1, -0.05) is 23.3 Å². The van der Waals surface area contributed by atoms with Crippen LogP contribution >= 0.6 is 0 Å². The maximum absolute atomic E-state index is 12.4. The molecule has 2 heterocycles. The van der Waals surface area contributed by atoms with Crippen LogP contribution in [0.5, 0.6) is 0 Å². The first-order valence-corrected chi connectivity index (χ1v) is 8.32. The fourth-order valence-corrected chi connectivity index (χ4v) is 3.34. The van der Waals surface area contributed by atoms with Gasteiger partial charge in [0.15, 0.2) is 0 Å². The van der Waals surface area contributed by atoms with E-state index >= 15 is 0 Å². The van der Waals surface area contributed by atoms with Crippen LogP contribution in [0.2, 0.25) is 0 Å². The van der Waals surface area contributed by atoms with Crippen molar-refractivity contribution in [3.63, 3.8) is 0 Å². The van der Waals surface area contributed by atoms with E-state index in [4.69, 9.17) is 0 Å². The predicted molar refractivity (Wildman–Crippen MR) is 88.2 cm³/mol. The summed E-state index contributed by atoms with van der Waals surface area (Å²) < 4.78 is 0. The van der Waals surface area contributed by atoms with Gasteiger partial charge in [-0.05, 0) is 53.4 Å². The average Bonchev–Trinajstić information content (AvgIpc) is 2.89. The number of rotatable bonds is 5. The Balaban J connectivity index is 1.87. The van der Waals surface area contributed by atoms with Gasteiger partial charge < -0.3 is 4.90 Å². The maximum Gasteiger partial charge on any atom is 0.239 e. The van der Waals surface area contributed by atoms with Crippen molar-refractivity contribution < 1.29 is 4.79 Å². The topological polar surface area (TPSA) is 23.6 Å². The highest BCUT2D eigenvalue weighted by molar-refractivity contribution is 5.83. The molecule has 2 aliphatic rings. The highest BCUT2D eigenvalue weighted by Gasteiger charge is 2.39. The van der Waals surface area contributed by atoms with E-state index in [9.17, 15) is 4.79 Å². The smallest absolute Gasteiger partial charge is 0.239 e. The molecule has 0 saturated carbocycles. The number of nitrogens with zero attached hydrogens (tertiary/aromatic N) is 2. The lowest BCUT2D eigenvalue weighted by Gasteiger charge is -2.41. The lowest BCUT2D eigenvalue weighted by molar-refractivity contribution is -0.142. The zero-order chi connectivity index (χ0) is 15.4. The first kappa shape index (κ1) is 16.3. The minimum atomic E-state index is 0.0428. The third-order valence-electron chi connectivity index (χ3n) is 4.78. The molecule has 0 bridgehead atoms. The minimum absolute atomic E-state index is 0.0428. The average molecular weight is 290 g/mol. The number of piperazine rings is 1. The van der Waals surface area contributed by atoms with Crippen LogP contribution in [0, 0.1) is 0 Å². The zero-order valence-corrected chi connectivity index (χ0v) is 14.1. The molecule has 0 radical (unpaired) electrons. The number of fused-ring (bicyclic) bond motifs is 1. The third-order valence-corrected chi connectivity index (χ3v) is 4.78. The number of carbonyl (C=O) groups is 1. The fraction of sp³-hybridized carbons (Fsp3) is 0.722. The van der Waals surface area contributed by atoms with Gasteiger partial charge >= 0.3 is 0 Å². The summed E-state index contributed by atoms with van der Waals surface area (Å²) in [5.74, 6) is 0.333. The van der Waals surface area contributed by atoms with Crippen LogP contribution in [-0.2, 0) is 4.79 Å². The van der Waals surface area contributed by atoms with Gasteiger partial charge in [0.1, 0.15) is 0 Å². The van der Waals surface area contributed by atoms with E-state index in [1.165, 1.54) is 24.0 Å². The van der Waals surface area contributed by atoms with Crippen LogP contribution in [0.3, 0.4) is 0 Å². The molecule has 3 nitrogen and oxygen atoms in total. The summed E-state index contributed by atoms with van der Waals surface area (Å²) in [5, 5.41) is 0. The molecule has 0 unspecified atom stereocenters. The van der Waals surface area contributed by atoms with Gasteiger partial charge in [-0.15, -0.1) is 0 Å². The molecular weight excluding hydrogens is 260 g/mol. The van der Waals surface area contributed by atoms with Crippen LogP contribution in [0.1, 0.15) is 53.4 Å². The first-order chi connectivity index (χ1) is 9.99. The summed E-state index contributed by atoms with van der Waals surface area (Å²) in [6.07, 6.45) is 9.20. The molecule has 2 fully saturated rings. The number of amides is 1. The Hall–Kier alpha value is -1.09. The van der Waals surface area contributed by atoms with Crippen LogP contribution in [0.4, 0.5) is 0 Å². The molecule has 2 rings (SSSR count). The van der Waals surface area contributed by atoms with Gasteiger partial charge in [0.05, 0.1) is 6.04 Å². The lowest BCUT2D eigenvalue weighted by Crippen LogP contribution is -2.58. The number of allylic oxidation sites excluding steroid dienone is 3. The van der Waals surface area contributed by atoms with Crippen molar-refractivity contribution in [2.24, 2.45) is 0 Å². The number of hydrogen-bond donors (Lipinski definition) is 0. The molecule has 2 atom stereocenters. The third kappa shape index (κ3) is 4.19. The van der Waals surface area contributed by atoms with Crippen LogP contribution < -0.4 is 0 Å². The summed E-state index contributed by atoms with van der Waals surface area (Å²) in [6, 6.07) is 0.509. The van der Waals surface area contributed by atoms with Gasteiger partial charge in [0, 0.05) is 25.7 Å². The van der Waals surface area contributed by atoms with E-state index in [0.29, 0.717) is 11.9 Å². The molecule has 3 heteroatoms. The Morgan fingerprint density at radius 2 is 2.05 bits per heavy atom. The number of hydrogen-bond acceptors (Lipinski definition) is 2. The quantitative estimate of drug-likeness (QED) is 0.725. The predicted octanol–water partition coefficient (Wildman–Crippen LogP) is 3.37. The summed E-state index contributed by atoms with van der Waals surface area (Å²) >= 11 is 0. The standard InChI is InChI=1S/C18H30N2O/c1-14(2)7-5-8-15(3)10-12-19-13-17-9-6-11-20(17)18(21)16(19)4/h7,10,16-17H,5-6,8-9,11-13H2,1-4H3/t16-,17+/m1/s1. The first-order valence-electron chi connectivity index (χ1n) is 8.32. The highest BCUT2D eigenvalue weighted by Crippen LogP contribution is 2.25. The van der Waals surface area contributed by atoms with Crippen molar-refractivity contribution >= 4 is 5.91 Å². The van der Waals surface area contributed by atoms with Crippen LogP contribution in [0.25, 0.3) is 0 Å². The Kier molecular flexibility index (Phi) is 5.63. The van der Waals surface area contributed by atoms with Gasteiger partial charge in [0.25, 0.3) is 0 Å². The molecule has 21 heavy (non-hydrogen) atoms. The van der Waals surface area contributed by atoms with E-state index in [-0.39, 0.29) is 6.04 Å². The van der Waals surface area contributed by atoms with Gasteiger partial charge in [0.2, 0.25) is 5.91 Å². The van der Waals surface area contributed by atoms with Gasteiger partial charge in [-0.2, -0.15) is 0 Å². The fourth-order valence-electron chi connectivity index (χ4n) is 3.34. The second-order valence-corrected chi connectivity index (χ2v) is 6.83. The lowest BCUT2D eigenvalue weighted by atomic mass is 10.1. The summed E-state index contributed by atoms with van der Waals surface area (Å²) in [7, 11) is 0. The Morgan fingerprint density at radius 3 is 2.76 bits per heavy atom. The highest BCUT2D eigenvalue weighted by atomic mass is 16.2. The molecule has 1 amide bonds. The number of carbonyl (C=O) groups excluding carboxylic acids is 1. The van der Waals surface area contributed by atoms with E-state index in [1.54, 1.807) is 0 Å². The minimum Gasteiger partial charge on any atom is -0.337 e. The normalized spacial score (nSPS) is 27.0. The van der Waals surface area contributed by atoms with E-state index in [0.717, 1.165) is 32.5 Å². The Labute approximate surface area is 129 Å². The van der Waals surface area contributed by atoms with Crippen molar-refractivity contribution in [2.75, 3.05) is 19.6 Å². The van der Waals surface area contributed by atoms with E-state index in [1.807, 2.05) is 0 Å². The Morgan fingerprint density at radius 1 is 1.29 bits per heavy atom. The largest absolute Gasteiger partial charge is 0.337 e. The van der Waals surface area contributed by atoms with Crippen molar-refractivity contribution in [2.45, 2.75) is 65.5 Å². The SMILES string of the molecule is CC(C)=CCCC(C)=CCN1C[C@@H]2CCCN2C(=O)[C@H]1C. The summed E-state index contributed by atoms with van der Waals surface area (Å²) in [4.78, 5) is 16.8. The molecule has 0 spiro atoms. The van der Waals surface area contributed by atoms with Crippen molar-refractivity contribution in [3.8, 4) is 0 Å². The van der Waals surface area contributed by atoms with E-state index < -0.39 is 0 Å². The monoisotopic (exact) mass is 290 g/mol. The molecule has 0 aromatic carbocycles. The van der Waals surface area contributed by atoms with Gasteiger partial charge in [-0.3, -0.25) is 9.69 Å². The molecule has 118 valence electrons. The van der Waals surface area contributed by atoms with Crippen molar-refractivity contribution in [1.82, 2.24) is 9.80 Å². The zero-order valence-electron chi connectivity index (χ0n) is 14.1. The van der Waals surface area contributed by atoms with Crippen molar-refractivity contribution in [1.29, 1.82) is 0 Å². The van der Waals surface area contributed by atoms with Crippen LogP contribution in [0.15, 0.2) is 23.3 Å². The molecule has 0 aliphatic carbocycles. The van der Waals surface area contributed by atoms with E-state index in [2.05, 4.69) is 49.6 Å². The molecule has 0 aromatic heterocycles.